The minimum absolute atomic E-state index is 0.183. The Morgan fingerprint density at radius 3 is 2.15 bits per heavy atom. The van der Waals surface area contributed by atoms with Gasteiger partial charge in [-0.1, -0.05) is 6.92 Å². The quantitative estimate of drug-likeness (QED) is 0.699. The first-order chi connectivity index (χ1) is 5.90. The first-order valence-corrected chi connectivity index (χ1v) is 4.82. The van der Waals surface area contributed by atoms with Crippen molar-refractivity contribution in [2.24, 2.45) is 17.3 Å². The fourth-order valence-electron chi connectivity index (χ4n) is 1.93. The molecule has 0 aromatic heterocycles. The largest absolute Gasteiger partial charge is 0.481 e. The Balaban J connectivity index is 2.83. The van der Waals surface area contributed by atoms with Gasteiger partial charge in [0.1, 0.15) is 0 Å². The molecule has 3 unspecified atom stereocenters. The summed E-state index contributed by atoms with van der Waals surface area (Å²) < 4.78 is 0. The predicted octanol–water partition coefficient (Wildman–Crippen LogP) is 1.50. The van der Waals surface area contributed by atoms with Gasteiger partial charge < -0.3 is 10.2 Å². The zero-order valence-electron chi connectivity index (χ0n) is 8.45. The van der Waals surface area contributed by atoms with E-state index < -0.39 is 17.5 Å². The lowest BCUT2D eigenvalue weighted by Gasteiger charge is -2.33. The van der Waals surface area contributed by atoms with Crippen molar-refractivity contribution in [1.29, 1.82) is 0 Å². The highest BCUT2D eigenvalue weighted by Gasteiger charge is 2.51. The molecule has 0 radical (unpaired) electrons. The fourth-order valence-corrected chi connectivity index (χ4v) is 1.93. The average Bonchev–Trinajstić information content (AvgIpc) is 2.83. The van der Waals surface area contributed by atoms with Crippen LogP contribution < -0.4 is 0 Å². The standard InChI is InChI=1S/C10H18O3/c1-6(7(2)11)10(3,9(12)13)8-4-5-8/h6-8,11H,4-5H2,1-3H3,(H,12,13). The van der Waals surface area contributed by atoms with Crippen LogP contribution in [0.2, 0.25) is 0 Å². The van der Waals surface area contributed by atoms with Gasteiger partial charge in [0.25, 0.3) is 0 Å². The molecule has 0 aromatic carbocycles. The summed E-state index contributed by atoms with van der Waals surface area (Å²) >= 11 is 0. The number of carboxylic acid groups (broad SMARTS) is 1. The van der Waals surface area contributed by atoms with Gasteiger partial charge in [0.15, 0.2) is 0 Å². The van der Waals surface area contributed by atoms with Gasteiger partial charge in [-0.3, -0.25) is 4.79 Å². The van der Waals surface area contributed by atoms with Crippen LogP contribution in [0.25, 0.3) is 0 Å². The minimum Gasteiger partial charge on any atom is -0.481 e. The molecule has 0 heterocycles. The van der Waals surface area contributed by atoms with Gasteiger partial charge in [0.05, 0.1) is 11.5 Å². The van der Waals surface area contributed by atoms with Crippen LogP contribution >= 0.6 is 0 Å². The fraction of sp³-hybridized carbons (Fsp3) is 0.900. The highest BCUT2D eigenvalue weighted by Crippen LogP contribution is 2.50. The maximum atomic E-state index is 11.1. The third kappa shape index (κ3) is 1.70. The SMILES string of the molecule is CC(O)C(C)C(C)(C(=O)O)C1CC1. The zero-order valence-corrected chi connectivity index (χ0v) is 8.45. The van der Waals surface area contributed by atoms with Crippen molar-refractivity contribution in [2.75, 3.05) is 0 Å². The molecule has 0 spiro atoms. The maximum absolute atomic E-state index is 11.1. The normalized spacial score (nSPS) is 26.2. The first kappa shape index (κ1) is 10.5. The van der Waals surface area contributed by atoms with Gasteiger partial charge >= 0.3 is 5.97 Å². The number of carbonyl (C=O) groups is 1. The molecule has 3 nitrogen and oxygen atoms in total. The molecule has 0 aromatic rings. The summed E-state index contributed by atoms with van der Waals surface area (Å²) in [6, 6.07) is 0. The second-order valence-corrected chi connectivity index (χ2v) is 4.39. The van der Waals surface area contributed by atoms with E-state index in [9.17, 15) is 9.90 Å². The Bertz CT molecular complexity index is 208. The summed E-state index contributed by atoms with van der Waals surface area (Å²) in [6.07, 6.45) is 1.42. The first-order valence-electron chi connectivity index (χ1n) is 4.82. The second kappa shape index (κ2) is 3.29. The molecule has 0 aliphatic heterocycles. The van der Waals surface area contributed by atoms with Crippen LogP contribution in [-0.2, 0) is 4.79 Å². The monoisotopic (exact) mass is 186 g/mol. The lowest BCUT2D eigenvalue weighted by Crippen LogP contribution is -2.41. The summed E-state index contributed by atoms with van der Waals surface area (Å²) in [7, 11) is 0. The molecule has 1 fully saturated rings. The number of hydrogen-bond donors (Lipinski definition) is 2. The van der Waals surface area contributed by atoms with Crippen LogP contribution in [0.4, 0.5) is 0 Å². The summed E-state index contributed by atoms with van der Waals surface area (Å²) in [6.45, 7) is 5.23. The van der Waals surface area contributed by atoms with E-state index in [1.807, 2.05) is 6.92 Å². The minimum atomic E-state index is -0.775. The highest BCUT2D eigenvalue weighted by atomic mass is 16.4. The van der Waals surface area contributed by atoms with Crippen LogP contribution in [-0.4, -0.2) is 22.3 Å². The van der Waals surface area contributed by atoms with Gasteiger partial charge in [-0.15, -0.1) is 0 Å². The van der Waals surface area contributed by atoms with E-state index in [-0.39, 0.29) is 11.8 Å². The molecule has 1 aliphatic rings. The van der Waals surface area contributed by atoms with Gasteiger partial charge in [0, 0.05) is 0 Å². The Morgan fingerprint density at radius 1 is 1.46 bits per heavy atom. The number of aliphatic hydroxyl groups is 1. The smallest absolute Gasteiger partial charge is 0.310 e. The van der Waals surface area contributed by atoms with Crippen LogP contribution in [0.5, 0.6) is 0 Å². The van der Waals surface area contributed by atoms with Crippen molar-refractivity contribution >= 4 is 5.97 Å². The molecule has 0 amide bonds. The Hall–Kier alpha value is -0.570. The molecule has 13 heavy (non-hydrogen) atoms. The summed E-state index contributed by atoms with van der Waals surface area (Å²) in [5.41, 5.74) is -0.742. The van der Waals surface area contributed by atoms with Gasteiger partial charge in [-0.2, -0.15) is 0 Å². The van der Waals surface area contributed by atoms with Gasteiger partial charge in [-0.25, -0.2) is 0 Å². The van der Waals surface area contributed by atoms with Crippen LogP contribution in [0, 0.1) is 17.3 Å². The number of rotatable bonds is 4. The van der Waals surface area contributed by atoms with E-state index >= 15 is 0 Å². The van der Waals surface area contributed by atoms with E-state index in [0.717, 1.165) is 12.8 Å². The summed E-state index contributed by atoms with van der Waals surface area (Å²) in [5.74, 6) is -0.699. The molecule has 2 N–H and O–H groups in total. The van der Waals surface area contributed by atoms with E-state index in [1.165, 1.54) is 0 Å². The molecule has 1 saturated carbocycles. The Morgan fingerprint density at radius 2 is 1.92 bits per heavy atom. The summed E-state index contributed by atoms with van der Waals surface area (Å²) in [5, 5.41) is 18.6. The third-order valence-corrected chi connectivity index (χ3v) is 3.56. The van der Waals surface area contributed by atoms with Crippen LogP contribution in [0.15, 0.2) is 0 Å². The molecule has 0 bridgehead atoms. The number of carboxylic acids is 1. The van der Waals surface area contributed by atoms with Crippen molar-refractivity contribution < 1.29 is 15.0 Å². The van der Waals surface area contributed by atoms with Gasteiger partial charge in [-0.05, 0) is 38.5 Å². The molecule has 3 atom stereocenters. The van der Waals surface area contributed by atoms with Crippen molar-refractivity contribution in [3.8, 4) is 0 Å². The van der Waals surface area contributed by atoms with Crippen molar-refractivity contribution in [3.63, 3.8) is 0 Å². The highest BCUT2D eigenvalue weighted by molar-refractivity contribution is 5.75. The lowest BCUT2D eigenvalue weighted by atomic mass is 9.72. The van der Waals surface area contributed by atoms with E-state index in [0.29, 0.717) is 0 Å². The van der Waals surface area contributed by atoms with E-state index in [1.54, 1.807) is 13.8 Å². The topological polar surface area (TPSA) is 57.5 Å². The number of hydrogen-bond acceptors (Lipinski definition) is 2. The third-order valence-electron chi connectivity index (χ3n) is 3.56. The van der Waals surface area contributed by atoms with E-state index in [4.69, 9.17) is 5.11 Å². The molecule has 3 heteroatoms. The van der Waals surface area contributed by atoms with Crippen LogP contribution in [0.1, 0.15) is 33.6 Å². The zero-order chi connectivity index (χ0) is 10.2. The average molecular weight is 186 g/mol. The van der Waals surface area contributed by atoms with Gasteiger partial charge in [0.2, 0.25) is 0 Å². The molecule has 1 aliphatic carbocycles. The van der Waals surface area contributed by atoms with Crippen molar-refractivity contribution in [3.05, 3.63) is 0 Å². The van der Waals surface area contributed by atoms with Crippen molar-refractivity contribution in [2.45, 2.75) is 39.7 Å². The second-order valence-electron chi connectivity index (χ2n) is 4.39. The molecular weight excluding hydrogens is 168 g/mol. The maximum Gasteiger partial charge on any atom is 0.310 e. The predicted molar refractivity (Wildman–Crippen MR) is 49.3 cm³/mol. The Labute approximate surface area is 78.8 Å². The molecular formula is C10H18O3. The number of aliphatic hydroxyl groups excluding tert-OH is 1. The number of aliphatic carboxylic acids is 1. The molecule has 1 rings (SSSR count). The summed E-state index contributed by atoms with van der Waals surface area (Å²) in [4.78, 5) is 11.1. The Kier molecular flexibility index (Phi) is 2.66. The van der Waals surface area contributed by atoms with Crippen molar-refractivity contribution in [1.82, 2.24) is 0 Å². The molecule has 76 valence electrons. The lowest BCUT2D eigenvalue weighted by molar-refractivity contribution is -0.155. The van der Waals surface area contributed by atoms with Crippen LogP contribution in [0.3, 0.4) is 0 Å². The molecule has 0 saturated heterocycles. The van der Waals surface area contributed by atoms with E-state index in [2.05, 4.69) is 0 Å².